The number of nitrogens with one attached hydrogen (secondary N) is 2. The summed E-state index contributed by atoms with van der Waals surface area (Å²) < 4.78 is 0. The molecule has 0 unspecified atom stereocenters. The van der Waals surface area contributed by atoms with Gasteiger partial charge in [0.25, 0.3) is 5.91 Å². The molecule has 0 aliphatic rings. The van der Waals surface area contributed by atoms with Crippen LogP contribution in [0, 0.1) is 0 Å². The van der Waals surface area contributed by atoms with Gasteiger partial charge in [-0.15, -0.1) is 0 Å². The van der Waals surface area contributed by atoms with Crippen LogP contribution in [0.2, 0.25) is 5.02 Å². The standard InChI is InChI=1S/C12H10ClN3O/c13-10-6-4-9(5-7-10)12(17)16-15-11-3-1-2-8-14-11/h1-8H,(H,14,15)(H,16,17). The second-order valence-electron chi connectivity index (χ2n) is 3.30. The normalized spacial score (nSPS) is 9.71. The summed E-state index contributed by atoms with van der Waals surface area (Å²) in [5.41, 5.74) is 5.78. The SMILES string of the molecule is O=C(NNc1ccccn1)c1ccc(Cl)cc1. The predicted octanol–water partition coefficient (Wildman–Crippen LogP) is 2.49. The van der Waals surface area contributed by atoms with Crippen molar-refractivity contribution in [3.8, 4) is 0 Å². The van der Waals surface area contributed by atoms with Gasteiger partial charge in [-0.05, 0) is 36.4 Å². The summed E-state index contributed by atoms with van der Waals surface area (Å²) >= 11 is 5.73. The lowest BCUT2D eigenvalue weighted by atomic mass is 10.2. The highest BCUT2D eigenvalue weighted by Crippen LogP contribution is 2.09. The van der Waals surface area contributed by atoms with Gasteiger partial charge in [0.1, 0.15) is 5.82 Å². The van der Waals surface area contributed by atoms with E-state index in [1.54, 1.807) is 42.6 Å². The van der Waals surface area contributed by atoms with Crippen LogP contribution in [0.15, 0.2) is 48.7 Å². The summed E-state index contributed by atoms with van der Waals surface area (Å²) in [5, 5.41) is 0.597. The molecule has 1 aromatic heterocycles. The quantitative estimate of drug-likeness (QED) is 0.820. The van der Waals surface area contributed by atoms with Gasteiger partial charge < -0.3 is 0 Å². The Labute approximate surface area is 104 Å². The molecule has 5 heteroatoms. The van der Waals surface area contributed by atoms with Crippen LogP contribution >= 0.6 is 11.6 Å². The zero-order chi connectivity index (χ0) is 12.1. The fourth-order valence-corrected chi connectivity index (χ4v) is 1.36. The van der Waals surface area contributed by atoms with E-state index in [0.29, 0.717) is 16.4 Å². The van der Waals surface area contributed by atoms with E-state index < -0.39 is 0 Å². The number of rotatable bonds is 3. The van der Waals surface area contributed by atoms with E-state index in [1.807, 2.05) is 6.07 Å². The number of nitrogens with zero attached hydrogens (tertiary/aromatic N) is 1. The Bertz CT molecular complexity index is 499. The van der Waals surface area contributed by atoms with Crippen molar-refractivity contribution in [1.82, 2.24) is 10.4 Å². The maximum absolute atomic E-state index is 11.7. The number of carbonyl (C=O) groups is 1. The number of hydrazine groups is 1. The van der Waals surface area contributed by atoms with Gasteiger partial charge in [0.15, 0.2) is 0 Å². The number of halogens is 1. The van der Waals surface area contributed by atoms with Gasteiger partial charge >= 0.3 is 0 Å². The number of pyridine rings is 1. The molecule has 0 radical (unpaired) electrons. The molecule has 86 valence electrons. The average Bonchev–Trinajstić information content (AvgIpc) is 2.38. The summed E-state index contributed by atoms with van der Waals surface area (Å²) in [5.74, 6) is 0.335. The van der Waals surface area contributed by atoms with E-state index in [0.717, 1.165) is 0 Å². The first kappa shape index (κ1) is 11.4. The van der Waals surface area contributed by atoms with Crippen molar-refractivity contribution < 1.29 is 4.79 Å². The van der Waals surface area contributed by atoms with Crippen LogP contribution in [-0.4, -0.2) is 10.9 Å². The van der Waals surface area contributed by atoms with Crippen LogP contribution in [0.1, 0.15) is 10.4 Å². The molecule has 0 atom stereocenters. The topological polar surface area (TPSA) is 54.0 Å². The Hall–Kier alpha value is -2.07. The van der Waals surface area contributed by atoms with Crippen molar-refractivity contribution in [2.24, 2.45) is 0 Å². The lowest BCUT2D eigenvalue weighted by Crippen LogP contribution is -2.29. The minimum atomic E-state index is -0.243. The zero-order valence-corrected chi connectivity index (χ0v) is 9.61. The molecule has 0 aliphatic carbocycles. The number of benzene rings is 1. The molecule has 2 aromatic rings. The molecule has 4 nitrogen and oxygen atoms in total. The van der Waals surface area contributed by atoms with E-state index in [1.165, 1.54) is 0 Å². The van der Waals surface area contributed by atoms with E-state index in [-0.39, 0.29) is 5.91 Å². The molecule has 2 N–H and O–H groups in total. The third kappa shape index (κ3) is 3.19. The lowest BCUT2D eigenvalue weighted by molar-refractivity contribution is 0.0962. The first-order valence-corrected chi connectivity index (χ1v) is 5.36. The Morgan fingerprint density at radius 2 is 1.88 bits per heavy atom. The van der Waals surface area contributed by atoms with Gasteiger partial charge in [0.2, 0.25) is 0 Å². The molecule has 1 amide bonds. The highest BCUT2D eigenvalue weighted by molar-refractivity contribution is 6.30. The lowest BCUT2D eigenvalue weighted by Gasteiger charge is -2.07. The molecule has 0 saturated carbocycles. The summed E-state index contributed by atoms with van der Waals surface area (Å²) in [7, 11) is 0. The molecule has 0 aliphatic heterocycles. The van der Waals surface area contributed by atoms with Crippen LogP contribution in [0.3, 0.4) is 0 Å². The Balaban J connectivity index is 1.96. The molecule has 0 fully saturated rings. The average molecular weight is 248 g/mol. The minimum absolute atomic E-state index is 0.243. The van der Waals surface area contributed by atoms with Gasteiger partial charge in [-0.25, -0.2) is 4.98 Å². The van der Waals surface area contributed by atoms with Crippen molar-refractivity contribution in [2.75, 3.05) is 5.43 Å². The van der Waals surface area contributed by atoms with E-state index in [2.05, 4.69) is 15.8 Å². The van der Waals surface area contributed by atoms with E-state index in [4.69, 9.17) is 11.6 Å². The van der Waals surface area contributed by atoms with E-state index >= 15 is 0 Å². The Morgan fingerprint density at radius 3 is 2.53 bits per heavy atom. The molecule has 0 bridgehead atoms. The fraction of sp³-hybridized carbons (Fsp3) is 0. The van der Waals surface area contributed by atoms with Gasteiger partial charge in [0, 0.05) is 16.8 Å². The highest BCUT2D eigenvalue weighted by atomic mass is 35.5. The molecule has 0 saturated heterocycles. The van der Waals surface area contributed by atoms with Crippen molar-refractivity contribution in [3.63, 3.8) is 0 Å². The first-order chi connectivity index (χ1) is 8.25. The highest BCUT2D eigenvalue weighted by Gasteiger charge is 2.04. The number of hydrogen-bond acceptors (Lipinski definition) is 3. The molecular formula is C12H10ClN3O. The molecule has 2 rings (SSSR count). The van der Waals surface area contributed by atoms with Crippen LogP contribution < -0.4 is 10.9 Å². The van der Waals surface area contributed by atoms with Crippen molar-refractivity contribution in [2.45, 2.75) is 0 Å². The third-order valence-electron chi connectivity index (χ3n) is 2.08. The Kier molecular flexibility index (Phi) is 3.57. The predicted molar refractivity (Wildman–Crippen MR) is 66.8 cm³/mol. The maximum Gasteiger partial charge on any atom is 0.269 e. The van der Waals surface area contributed by atoms with Gasteiger partial charge in [0.05, 0.1) is 0 Å². The molecular weight excluding hydrogens is 238 g/mol. The van der Waals surface area contributed by atoms with Gasteiger partial charge in [-0.3, -0.25) is 15.6 Å². The number of hydrogen-bond donors (Lipinski definition) is 2. The number of amides is 1. The summed E-state index contributed by atoms with van der Waals surface area (Å²) in [6.45, 7) is 0. The second-order valence-corrected chi connectivity index (χ2v) is 3.74. The van der Waals surface area contributed by atoms with Crippen molar-refractivity contribution in [3.05, 3.63) is 59.2 Å². The number of carbonyl (C=O) groups excluding carboxylic acids is 1. The van der Waals surface area contributed by atoms with Crippen LogP contribution in [0.5, 0.6) is 0 Å². The second kappa shape index (κ2) is 5.32. The third-order valence-corrected chi connectivity index (χ3v) is 2.33. The monoisotopic (exact) mass is 247 g/mol. The molecule has 1 aromatic carbocycles. The maximum atomic E-state index is 11.7. The molecule has 17 heavy (non-hydrogen) atoms. The van der Waals surface area contributed by atoms with E-state index in [9.17, 15) is 4.79 Å². The van der Waals surface area contributed by atoms with Gasteiger partial charge in [-0.2, -0.15) is 0 Å². The summed E-state index contributed by atoms with van der Waals surface area (Å²) in [6.07, 6.45) is 1.64. The van der Waals surface area contributed by atoms with Crippen molar-refractivity contribution >= 4 is 23.3 Å². The fourth-order valence-electron chi connectivity index (χ4n) is 1.23. The Morgan fingerprint density at radius 1 is 1.12 bits per heavy atom. The molecule has 0 spiro atoms. The van der Waals surface area contributed by atoms with Crippen LogP contribution in [0.25, 0.3) is 0 Å². The number of aromatic nitrogens is 1. The first-order valence-electron chi connectivity index (χ1n) is 4.98. The summed E-state index contributed by atoms with van der Waals surface area (Å²) in [4.78, 5) is 15.7. The minimum Gasteiger partial charge on any atom is -0.282 e. The smallest absolute Gasteiger partial charge is 0.269 e. The van der Waals surface area contributed by atoms with Crippen LogP contribution in [-0.2, 0) is 0 Å². The largest absolute Gasteiger partial charge is 0.282 e. The summed E-state index contributed by atoms with van der Waals surface area (Å²) in [6, 6.07) is 12.0. The zero-order valence-electron chi connectivity index (χ0n) is 8.85. The van der Waals surface area contributed by atoms with Crippen molar-refractivity contribution in [1.29, 1.82) is 0 Å². The molecule has 1 heterocycles. The van der Waals surface area contributed by atoms with Gasteiger partial charge in [-0.1, -0.05) is 17.7 Å². The number of anilines is 1. The van der Waals surface area contributed by atoms with Crippen LogP contribution in [0.4, 0.5) is 5.82 Å².